The Morgan fingerprint density at radius 2 is 1.40 bits per heavy atom. The van der Waals surface area contributed by atoms with E-state index in [0.29, 0.717) is 21.2 Å². The SMILES string of the molecule is CC(C)(C)OC(=O)N[C@H](C(=O)c1ccc(Cl)cc1)c1ccc(Cl)cc1. The fourth-order valence-electron chi connectivity index (χ4n) is 2.16. The molecule has 0 aromatic heterocycles. The van der Waals surface area contributed by atoms with E-state index >= 15 is 0 Å². The summed E-state index contributed by atoms with van der Waals surface area (Å²) in [6.07, 6.45) is -0.672. The van der Waals surface area contributed by atoms with Crippen LogP contribution in [0.2, 0.25) is 10.0 Å². The zero-order chi connectivity index (χ0) is 18.6. The summed E-state index contributed by atoms with van der Waals surface area (Å²) in [5.41, 5.74) is 0.369. The zero-order valence-electron chi connectivity index (χ0n) is 14.2. The minimum atomic E-state index is -0.895. The van der Waals surface area contributed by atoms with Gasteiger partial charge in [-0.15, -0.1) is 0 Å². The molecule has 0 aliphatic heterocycles. The van der Waals surface area contributed by atoms with Crippen molar-refractivity contribution in [2.24, 2.45) is 0 Å². The molecule has 0 fully saturated rings. The summed E-state index contributed by atoms with van der Waals surface area (Å²) in [5.74, 6) is -0.273. The lowest BCUT2D eigenvalue weighted by atomic mass is 9.97. The molecule has 0 saturated carbocycles. The van der Waals surface area contributed by atoms with E-state index in [1.807, 2.05) is 0 Å². The van der Waals surface area contributed by atoms with Crippen LogP contribution in [0.4, 0.5) is 4.79 Å². The Bertz CT molecular complexity index is 750. The minimum Gasteiger partial charge on any atom is -0.444 e. The first kappa shape index (κ1) is 19.3. The summed E-state index contributed by atoms with van der Waals surface area (Å²) >= 11 is 11.8. The number of amides is 1. The average Bonchev–Trinajstić information content (AvgIpc) is 2.52. The van der Waals surface area contributed by atoms with Gasteiger partial charge in [-0.05, 0) is 62.7 Å². The summed E-state index contributed by atoms with van der Waals surface area (Å²) < 4.78 is 5.27. The van der Waals surface area contributed by atoms with Crippen molar-refractivity contribution >= 4 is 35.1 Å². The Labute approximate surface area is 157 Å². The number of carbonyl (C=O) groups is 2. The summed E-state index contributed by atoms with van der Waals surface area (Å²) in [6.45, 7) is 5.26. The van der Waals surface area contributed by atoms with E-state index in [9.17, 15) is 9.59 Å². The number of alkyl carbamates (subject to hydrolysis) is 1. The van der Waals surface area contributed by atoms with Gasteiger partial charge in [0.05, 0.1) is 0 Å². The number of ketones is 1. The third-order valence-corrected chi connectivity index (χ3v) is 3.76. The van der Waals surface area contributed by atoms with Gasteiger partial charge in [-0.1, -0.05) is 35.3 Å². The molecule has 0 spiro atoms. The normalized spacial score (nSPS) is 12.4. The number of benzene rings is 2. The van der Waals surface area contributed by atoms with Gasteiger partial charge in [0.2, 0.25) is 0 Å². The van der Waals surface area contributed by atoms with E-state index in [-0.39, 0.29) is 5.78 Å². The van der Waals surface area contributed by atoms with Gasteiger partial charge in [-0.3, -0.25) is 4.79 Å². The van der Waals surface area contributed by atoms with Crippen molar-refractivity contribution in [1.29, 1.82) is 0 Å². The molecule has 2 aromatic rings. The van der Waals surface area contributed by atoms with Gasteiger partial charge < -0.3 is 10.1 Å². The zero-order valence-corrected chi connectivity index (χ0v) is 15.7. The third kappa shape index (κ3) is 5.76. The summed E-state index contributed by atoms with van der Waals surface area (Å²) in [7, 11) is 0. The van der Waals surface area contributed by atoms with Crippen LogP contribution in [-0.2, 0) is 4.74 Å². The Morgan fingerprint density at radius 1 is 0.920 bits per heavy atom. The number of ether oxygens (including phenoxy) is 1. The second kappa shape index (κ2) is 7.89. The lowest BCUT2D eigenvalue weighted by molar-refractivity contribution is 0.0491. The van der Waals surface area contributed by atoms with Gasteiger partial charge in [-0.2, -0.15) is 0 Å². The summed E-state index contributed by atoms with van der Waals surface area (Å²) in [6, 6.07) is 12.3. The van der Waals surface area contributed by atoms with Crippen molar-refractivity contribution in [2.75, 3.05) is 0 Å². The lowest BCUT2D eigenvalue weighted by Gasteiger charge is -2.23. The molecule has 6 heteroatoms. The van der Waals surface area contributed by atoms with Gasteiger partial charge in [0.25, 0.3) is 0 Å². The Kier molecular flexibility index (Phi) is 6.09. The van der Waals surface area contributed by atoms with Gasteiger partial charge in [0, 0.05) is 15.6 Å². The Balaban J connectivity index is 2.31. The first-order valence-electron chi connectivity index (χ1n) is 7.70. The summed E-state index contributed by atoms with van der Waals surface area (Å²) in [4.78, 5) is 25.1. The molecule has 0 bridgehead atoms. The first-order valence-corrected chi connectivity index (χ1v) is 8.46. The van der Waals surface area contributed by atoms with Crippen LogP contribution in [0.1, 0.15) is 42.7 Å². The molecular weight excluding hydrogens is 361 g/mol. The van der Waals surface area contributed by atoms with E-state index in [4.69, 9.17) is 27.9 Å². The second-order valence-electron chi connectivity index (χ2n) is 6.50. The fourth-order valence-corrected chi connectivity index (χ4v) is 2.41. The largest absolute Gasteiger partial charge is 0.444 e. The monoisotopic (exact) mass is 379 g/mol. The molecule has 132 valence electrons. The Morgan fingerprint density at radius 3 is 1.88 bits per heavy atom. The van der Waals surface area contributed by atoms with E-state index in [1.54, 1.807) is 69.3 Å². The summed E-state index contributed by atoms with van der Waals surface area (Å²) in [5, 5.41) is 3.70. The number of halogens is 2. The van der Waals surface area contributed by atoms with E-state index < -0.39 is 17.7 Å². The molecule has 4 nitrogen and oxygen atoms in total. The highest BCUT2D eigenvalue weighted by Gasteiger charge is 2.26. The van der Waals surface area contributed by atoms with E-state index in [0.717, 1.165) is 0 Å². The number of hydrogen-bond donors (Lipinski definition) is 1. The predicted octanol–water partition coefficient (Wildman–Crippen LogP) is 5.44. The van der Waals surface area contributed by atoms with Crippen LogP contribution in [0.25, 0.3) is 0 Å². The van der Waals surface area contributed by atoms with Gasteiger partial charge in [0.1, 0.15) is 11.6 Å². The highest BCUT2D eigenvalue weighted by atomic mass is 35.5. The molecule has 0 aliphatic rings. The highest BCUT2D eigenvalue weighted by Crippen LogP contribution is 2.22. The van der Waals surface area contributed by atoms with Crippen molar-refractivity contribution in [2.45, 2.75) is 32.4 Å². The van der Waals surface area contributed by atoms with Gasteiger partial charge >= 0.3 is 6.09 Å². The van der Waals surface area contributed by atoms with E-state index in [2.05, 4.69) is 5.32 Å². The average molecular weight is 380 g/mol. The first-order chi connectivity index (χ1) is 11.7. The molecule has 1 amide bonds. The molecule has 0 unspecified atom stereocenters. The van der Waals surface area contributed by atoms with Crippen LogP contribution < -0.4 is 5.32 Å². The van der Waals surface area contributed by atoms with Crippen LogP contribution in [0.5, 0.6) is 0 Å². The molecule has 2 aromatic carbocycles. The molecule has 2 rings (SSSR count). The number of rotatable bonds is 4. The molecule has 0 heterocycles. The standard InChI is InChI=1S/C19H19Cl2NO3/c1-19(2,3)25-18(24)22-16(12-4-8-14(20)9-5-12)17(23)13-6-10-15(21)11-7-13/h4-11,16H,1-3H3,(H,22,24)/t16-/m0/s1. The highest BCUT2D eigenvalue weighted by molar-refractivity contribution is 6.31. The molecule has 1 N–H and O–H groups in total. The van der Waals surface area contributed by atoms with Crippen LogP contribution >= 0.6 is 23.2 Å². The van der Waals surface area contributed by atoms with Crippen LogP contribution in [-0.4, -0.2) is 17.5 Å². The predicted molar refractivity (Wildman–Crippen MR) is 99.3 cm³/mol. The van der Waals surface area contributed by atoms with Crippen molar-refractivity contribution in [1.82, 2.24) is 5.32 Å². The molecular formula is C19H19Cl2NO3. The quantitative estimate of drug-likeness (QED) is 0.719. The maximum absolute atomic E-state index is 12.9. The number of nitrogens with one attached hydrogen (secondary N) is 1. The smallest absolute Gasteiger partial charge is 0.408 e. The van der Waals surface area contributed by atoms with Gasteiger partial charge in [0.15, 0.2) is 5.78 Å². The maximum atomic E-state index is 12.9. The molecule has 1 atom stereocenters. The molecule has 0 radical (unpaired) electrons. The van der Waals surface area contributed by atoms with Gasteiger partial charge in [-0.25, -0.2) is 4.79 Å². The molecule has 0 saturated heterocycles. The van der Waals surface area contributed by atoms with E-state index in [1.165, 1.54) is 0 Å². The number of hydrogen-bond acceptors (Lipinski definition) is 3. The van der Waals surface area contributed by atoms with Crippen molar-refractivity contribution in [3.05, 3.63) is 69.7 Å². The van der Waals surface area contributed by atoms with Crippen molar-refractivity contribution < 1.29 is 14.3 Å². The molecule has 0 aliphatic carbocycles. The maximum Gasteiger partial charge on any atom is 0.408 e. The minimum absolute atomic E-state index is 0.273. The molecule has 25 heavy (non-hydrogen) atoms. The Hall–Kier alpha value is -2.04. The third-order valence-electron chi connectivity index (χ3n) is 3.26. The topological polar surface area (TPSA) is 55.4 Å². The van der Waals surface area contributed by atoms with Crippen LogP contribution in [0.15, 0.2) is 48.5 Å². The lowest BCUT2D eigenvalue weighted by Crippen LogP contribution is -2.38. The van der Waals surface area contributed by atoms with Crippen LogP contribution in [0.3, 0.4) is 0 Å². The van der Waals surface area contributed by atoms with Crippen LogP contribution in [0, 0.1) is 0 Å². The van der Waals surface area contributed by atoms with Crippen molar-refractivity contribution in [3.63, 3.8) is 0 Å². The number of Topliss-reactive ketones (excluding diaryl/α,β-unsaturated/α-hetero) is 1. The second-order valence-corrected chi connectivity index (χ2v) is 7.37. The fraction of sp³-hybridized carbons (Fsp3) is 0.263. The van der Waals surface area contributed by atoms with Crippen molar-refractivity contribution in [3.8, 4) is 0 Å². The number of carbonyl (C=O) groups excluding carboxylic acids is 2.